The van der Waals surface area contributed by atoms with Crippen LogP contribution in [0, 0.1) is 25.2 Å². The van der Waals surface area contributed by atoms with E-state index in [0.717, 1.165) is 22.3 Å². The van der Waals surface area contributed by atoms with Gasteiger partial charge in [-0.2, -0.15) is 4.31 Å². The zero-order chi connectivity index (χ0) is 27.4. The molecule has 0 N–H and O–H groups in total. The molecule has 0 aliphatic heterocycles. The Morgan fingerprint density at radius 3 is 2.43 bits per heavy atom. The fourth-order valence-electron chi connectivity index (χ4n) is 4.37. The Labute approximate surface area is 221 Å². The highest BCUT2D eigenvalue weighted by atomic mass is 32.2. The van der Waals surface area contributed by atoms with Crippen molar-refractivity contribution in [2.24, 2.45) is 11.3 Å². The van der Waals surface area contributed by atoms with E-state index in [9.17, 15) is 13.2 Å². The van der Waals surface area contributed by atoms with Gasteiger partial charge in [0, 0.05) is 49.4 Å². The van der Waals surface area contributed by atoms with Crippen LogP contribution in [0.4, 0.5) is 0 Å². The second-order valence-electron chi connectivity index (χ2n) is 11.5. The van der Waals surface area contributed by atoms with E-state index in [2.05, 4.69) is 39.6 Å². The molecule has 0 bridgehead atoms. The number of sulfonamides is 1. The molecule has 7 nitrogen and oxygen atoms in total. The zero-order valence-corrected chi connectivity index (χ0v) is 24.1. The van der Waals surface area contributed by atoms with Gasteiger partial charge in [-0.25, -0.2) is 8.42 Å². The molecule has 0 aliphatic carbocycles. The van der Waals surface area contributed by atoms with Crippen molar-refractivity contribution in [2.75, 3.05) is 19.6 Å². The molecule has 1 amide bonds. The number of rotatable bonds is 11. The van der Waals surface area contributed by atoms with Crippen LogP contribution in [0.25, 0.3) is 11.0 Å². The monoisotopic (exact) mass is 527 g/mol. The number of hydrogen-bond donors (Lipinski definition) is 0. The number of aryl methyl sites for hydroxylation is 2. The number of nitrogens with zero attached hydrogens (tertiary/aromatic N) is 3. The first-order chi connectivity index (χ1) is 17.3. The SMILES string of the molecule is Cc1ccc(CN(CCCN(CC(C)C)C(=O)CC(C)(C)C)S(=O)(=O)c2ccc3occc3c2)c(C)n1. The molecule has 0 fully saturated rings. The average Bonchev–Trinajstić information content (AvgIpc) is 3.25. The van der Waals surface area contributed by atoms with Crippen LogP contribution >= 0.6 is 0 Å². The van der Waals surface area contributed by atoms with Crippen molar-refractivity contribution >= 4 is 26.9 Å². The fraction of sp³-hybridized carbons (Fsp3) is 0.517. The predicted molar refractivity (Wildman–Crippen MR) is 148 cm³/mol. The number of furan rings is 1. The fourth-order valence-corrected chi connectivity index (χ4v) is 5.87. The van der Waals surface area contributed by atoms with Crippen LogP contribution in [0.3, 0.4) is 0 Å². The molecule has 2 heterocycles. The first-order valence-electron chi connectivity index (χ1n) is 12.9. The molecule has 202 valence electrons. The number of carbonyl (C=O) groups is 1. The molecule has 8 heteroatoms. The number of pyridine rings is 1. The highest BCUT2D eigenvalue weighted by Gasteiger charge is 2.27. The third kappa shape index (κ3) is 7.89. The van der Waals surface area contributed by atoms with E-state index >= 15 is 0 Å². The summed E-state index contributed by atoms with van der Waals surface area (Å²) in [6.07, 6.45) is 2.55. The van der Waals surface area contributed by atoms with Crippen LogP contribution < -0.4 is 0 Å². The number of carbonyl (C=O) groups excluding carboxylic acids is 1. The predicted octanol–water partition coefficient (Wildman–Crippen LogP) is 5.95. The maximum absolute atomic E-state index is 13.8. The van der Waals surface area contributed by atoms with Gasteiger partial charge in [-0.3, -0.25) is 9.78 Å². The average molecular weight is 528 g/mol. The van der Waals surface area contributed by atoms with E-state index in [0.29, 0.717) is 37.4 Å². The van der Waals surface area contributed by atoms with Crippen molar-refractivity contribution in [3.05, 3.63) is 59.6 Å². The molecular formula is C29H41N3O4S. The molecule has 37 heavy (non-hydrogen) atoms. The molecule has 0 saturated heterocycles. The van der Waals surface area contributed by atoms with Crippen molar-refractivity contribution in [3.63, 3.8) is 0 Å². The molecular weight excluding hydrogens is 486 g/mol. The second-order valence-corrected chi connectivity index (χ2v) is 13.4. The third-order valence-electron chi connectivity index (χ3n) is 6.20. The van der Waals surface area contributed by atoms with Crippen LogP contribution in [0.5, 0.6) is 0 Å². The molecule has 0 spiro atoms. The quantitative estimate of drug-likeness (QED) is 0.308. The van der Waals surface area contributed by atoms with Gasteiger partial charge in [-0.15, -0.1) is 0 Å². The summed E-state index contributed by atoms with van der Waals surface area (Å²) in [6.45, 7) is 15.8. The van der Waals surface area contributed by atoms with Crippen LogP contribution in [0.1, 0.15) is 64.4 Å². The summed E-state index contributed by atoms with van der Waals surface area (Å²) in [5.41, 5.74) is 3.10. The van der Waals surface area contributed by atoms with Gasteiger partial charge in [-0.05, 0) is 67.5 Å². The van der Waals surface area contributed by atoms with Crippen molar-refractivity contribution in [1.29, 1.82) is 0 Å². The summed E-state index contributed by atoms with van der Waals surface area (Å²) < 4.78 is 34.6. The number of benzene rings is 1. The number of aromatic nitrogens is 1. The van der Waals surface area contributed by atoms with Gasteiger partial charge in [0.25, 0.3) is 0 Å². The summed E-state index contributed by atoms with van der Waals surface area (Å²) in [5, 5.41) is 0.741. The van der Waals surface area contributed by atoms with Crippen molar-refractivity contribution in [1.82, 2.24) is 14.2 Å². The smallest absolute Gasteiger partial charge is 0.243 e. The maximum atomic E-state index is 13.8. The summed E-state index contributed by atoms with van der Waals surface area (Å²) in [5.74, 6) is 0.436. The number of fused-ring (bicyclic) bond motifs is 1. The van der Waals surface area contributed by atoms with Gasteiger partial charge in [0.05, 0.1) is 11.2 Å². The molecule has 0 radical (unpaired) electrons. The summed E-state index contributed by atoms with van der Waals surface area (Å²) in [4.78, 5) is 19.7. The lowest BCUT2D eigenvalue weighted by Crippen LogP contribution is -2.39. The Balaban J connectivity index is 1.86. The molecule has 1 aromatic carbocycles. The van der Waals surface area contributed by atoms with E-state index in [1.165, 1.54) is 4.31 Å². The number of amides is 1. The Kier molecular flexibility index (Phi) is 9.18. The molecule has 2 aromatic heterocycles. The van der Waals surface area contributed by atoms with Crippen LogP contribution in [0.15, 0.2) is 52.0 Å². The lowest BCUT2D eigenvalue weighted by atomic mass is 9.91. The lowest BCUT2D eigenvalue weighted by molar-refractivity contribution is -0.133. The van der Waals surface area contributed by atoms with Gasteiger partial charge in [0.2, 0.25) is 15.9 Å². The minimum atomic E-state index is -3.81. The number of hydrogen-bond acceptors (Lipinski definition) is 5. The van der Waals surface area contributed by atoms with Crippen LogP contribution in [0.2, 0.25) is 0 Å². The molecule has 3 aromatic rings. The zero-order valence-electron chi connectivity index (χ0n) is 23.2. The minimum Gasteiger partial charge on any atom is -0.464 e. The normalized spacial score (nSPS) is 12.6. The Hall–Kier alpha value is -2.71. The highest BCUT2D eigenvalue weighted by Crippen LogP contribution is 2.25. The largest absolute Gasteiger partial charge is 0.464 e. The van der Waals surface area contributed by atoms with Crippen molar-refractivity contribution in [2.45, 2.75) is 72.7 Å². The van der Waals surface area contributed by atoms with E-state index in [1.807, 2.05) is 30.9 Å². The van der Waals surface area contributed by atoms with Gasteiger partial charge in [0.1, 0.15) is 5.58 Å². The van der Waals surface area contributed by atoms with Crippen LogP contribution in [-0.4, -0.2) is 48.1 Å². The van der Waals surface area contributed by atoms with E-state index in [-0.39, 0.29) is 29.3 Å². The molecule has 3 rings (SSSR count). The molecule has 0 aliphatic rings. The molecule has 0 saturated carbocycles. The summed E-state index contributed by atoms with van der Waals surface area (Å²) in [6, 6.07) is 10.5. The van der Waals surface area contributed by atoms with E-state index in [4.69, 9.17) is 4.42 Å². The van der Waals surface area contributed by atoms with Crippen molar-refractivity contribution < 1.29 is 17.6 Å². The van der Waals surface area contributed by atoms with Gasteiger partial charge >= 0.3 is 0 Å². The third-order valence-corrected chi connectivity index (χ3v) is 8.04. The van der Waals surface area contributed by atoms with E-state index < -0.39 is 10.0 Å². The Morgan fingerprint density at radius 2 is 1.78 bits per heavy atom. The first-order valence-corrected chi connectivity index (χ1v) is 14.4. The van der Waals surface area contributed by atoms with Gasteiger partial charge in [0.15, 0.2) is 0 Å². The summed E-state index contributed by atoms with van der Waals surface area (Å²) >= 11 is 0. The first kappa shape index (κ1) is 28.9. The lowest BCUT2D eigenvalue weighted by Gasteiger charge is -2.29. The van der Waals surface area contributed by atoms with Crippen LogP contribution in [-0.2, 0) is 21.4 Å². The Morgan fingerprint density at radius 1 is 1.05 bits per heavy atom. The second kappa shape index (κ2) is 11.8. The Bertz CT molecular complexity index is 1320. The maximum Gasteiger partial charge on any atom is 0.243 e. The standard InChI is InChI=1S/C29H41N3O4S/c1-21(2)19-31(28(33)18-29(5,6)7)14-8-15-32(20-25-10-9-22(3)30-23(25)4)37(34,35)26-11-12-27-24(17-26)13-16-36-27/h9-13,16-17,21H,8,14-15,18-20H2,1-7H3. The molecule has 0 unspecified atom stereocenters. The molecule has 0 atom stereocenters. The topological polar surface area (TPSA) is 83.7 Å². The van der Waals surface area contributed by atoms with Crippen molar-refractivity contribution in [3.8, 4) is 0 Å². The minimum absolute atomic E-state index is 0.108. The van der Waals surface area contributed by atoms with Gasteiger partial charge in [-0.1, -0.05) is 40.7 Å². The summed E-state index contributed by atoms with van der Waals surface area (Å²) in [7, 11) is -3.81. The van der Waals surface area contributed by atoms with Gasteiger partial charge < -0.3 is 9.32 Å². The highest BCUT2D eigenvalue weighted by molar-refractivity contribution is 7.89. The van der Waals surface area contributed by atoms with E-state index in [1.54, 1.807) is 30.5 Å².